The summed E-state index contributed by atoms with van der Waals surface area (Å²) in [7, 11) is 0. The Kier molecular flexibility index (Phi) is 4.60. The Labute approximate surface area is 164 Å². The molecule has 2 heterocycles. The number of hydrogen-bond donors (Lipinski definition) is 1. The average Bonchev–Trinajstić information content (AvgIpc) is 3.06. The molecule has 2 aromatic heterocycles. The van der Waals surface area contributed by atoms with Crippen molar-refractivity contribution in [1.29, 1.82) is 0 Å². The summed E-state index contributed by atoms with van der Waals surface area (Å²) >= 11 is 1.33. The van der Waals surface area contributed by atoms with E-state index in [0.29, 0.717) is 22.7 Å². The summed E-state index contributed by atoms with van der Waals surface area (Å²) in [6.07, 6.45) is 0. The van der Waals surface area contributed by atoms with Crippen molar-refractivity contribution in [2.45, 2.75) is 20.8 Å². The molecule has 0 atom stereocenters. The average molecular weight is 394 g/mol. The van der Waals surface area contributed by atoms with Crippen molar-refractivity contribution in [3.63, 3.8) is 0 Å². The first-order chi connectivity index (χ1) is 13.5. The second kappa shape index (κ2) is 7.09. The molecular formula is C21H18N2O4S. The number of carbonyl (C=O) groups is 1. The van der Waals surface area contributed by atoms with Gasteiger partial charge in [-0.3, -0.25) is 14.9 Å². The van der Waals surface area contributed by atoms with Crippen LogP contribution in [0.5, 0.6) is 5.75 Å². The van der Waals surface area contributed by atoms with E-state index in [-0.39, 0.29) is 11.2 Å². The smallest absolute Gasteiger partial charge is 0.293 e. The van der Waals surface area contributed by atoms with Gasteiger partial charge in [-0.15, -0.1) is 0 Å². The molecule has 1 N–H and O–H groups in total. The fraction of sp³-hybridized carbons (Fsp3) is 0.190. The normalized spacial score (nSPS) is 11.1. The second-order valence-corrected chi connectivity index (χ2v) is 7.43. The summed E-state index contributed by atoms with van der Waals surface area (Å²) in [5.74, 6) is 0.201. The van der Waals surface area contributed by atoms with Crippen LogP contribution in [0.1, 0.15) is 28.6 Å². The van der Waals surface area contributed by atoms with Crippen LogP contribution in [0.3, 0.4) is 0 Å². The molecule has 4 aromatic rings. The number of ether oxygens (including phenoxy) is 1. The molecule has 7 heteroatoms. The topological polar surface area (TPSA) is 81.4 Å². The van der Waals surface area contributed by atoms with Crippen LogP contribution >= 0.6 is 11.3 Å². The summed E-state index contributed by atoms with van der Waals surface area (Å²) in [6, 6.07) is 10.4. The Balaban J connectivity index is 1.67. The number of benzene rings is 2. The number of carbonyl (C=O) groups excluding carboxylic acids is 1. The predicted molar refractivity (Wildman–Crippen MR) is 111 cm³/mol. The Hall–Kier alpha value is -3.19. The molecule has 0 saturated carbocycles. The van der Waals surface area contributed by atoms with Crippen LogP contribution in [0.15, 0.2) is 45.6 Å². The number of rotatable bonds is 4. The first kappa shape index (κ1) is 18.2. The van der Waals surface area contributed by atoms with E-state index in [1.807, 2.05) is 45.0 Å². The van der Waals surface area contributed by atoms with Gasteiger partial charge in [0.05, 0.1) is 22.2 Å². The molecule has 6 nitrogen and oxygen atoms in total. The zero-order valence-electron chi connectivity index (χ0n) is 15.7. The van der Waals surface area contributed by atoms with E-state index in [9.17, 15) is 9.59 Å². The first-order valence-corrected chi connectivity index (χ1v) is 9.66. The Morgan fingerprint density at radius 1 is 1.21 bits per heavy atom. The van der Waals surface area contributed by atoms with Gasteiger partial charge in [-0.25, -0.2) is 4.98 Å². The van der Waals surface area contributed by atoms with Crippen molar-refractivity contribution >= 4 is 43.6 Å². The van der Waals surface area contributed by atoms with Gasteiger partial charge in [0.2, 0.25) is 0 Å². The van der Waals surface area contributed by atoms with Gasteiger partial charge >= 0.3 is 0 Å². The molecule has 0 fully saturated rings. The zero-order valence-corrected chi connectivity index (χ0v) is 16.5. The predicted octanol–water partition coefficient (Wildman–Crippen LogP) is 4.67. The maximum absolute atomic E-state index is 12.7. The lowest BCUT2D eigenvalue weighted by molar-refractivity contribution is 0.0997. The minimum atomic E-state index is -0.510. The third kappa shape index (κ3) is 3.25. The molecule has 0 aliphatic rings. The molecule has 0 radical (unpaired) electrons. The van der Waals surface area contributed by atoms with Crippen molar-refractivity contribution in [3.8, 4) is 5.75 Å². The number of anilines is 1. The number of aromatic nitrogens is 1. The lowest BCUT2D eigenvalue weighted by Gasteiger charge is -2.06. The SMILES string of the molecule is CCOc1ccc2nc(NC(=O)c3cc(=O)c4ccc(C)c(C)c4o3)sc2c1. The third-order valence-corrected chi connectivity index (χ3v) is 5.47. The second-order valence-electron chi connectivity index (χ2n) is 6.39. The van der Waals surface area contributed by atoms with Crippen LogP contribution < -0.4 is 15.5 Å². The highest BCUT2D eigenvalue weighted by Crippen LogP contribution is 2.29. The molecule has 0 unspecified atom stereocenters. The number of nitrogens with zero attached hydrogens (tertiary/aromatic N) is 1. The van der Waals surface area contributed by atoms with Gasteiger partial charge in [0.1, 0.15) is 11.3 Å². The van der Waals surface area contributed by atoms with Crippen LogP contribution in [-0.2, 0) is 0 Å². The van der Waals surface area contributed by atoms with E-state index in [0.717, 1.165) is 27.1 Å². The van der Waals surface area contributed by atoms with Gasteiger partial charge in [-0.1, -0.05) is 17.4 Å². The lowest BCUT2D eigenvalue weighted by atomic mass is 10.1. The van der Waals surface area contributed by atoms with Gasteiger partial charge in [0, 0.05) is 6.07 Å². The molecule has 0 bridgehead atoms. The standard InChI is InChI=1S/C21H18N2O4S/c1-4-26-13-6-8-15-18(9-13)28-21(22-15)23-20(25)17-10-16(24)14-7-5-11(2)12(3)19(14)27-17/h5-10H,4H2,1-3H3,(H,22,23,25). The molecule has 0 spiro atoms. The monoisotopic (exact) mass is 394 g/mol. The fourth-order valence-corrected chi connectivity index (χ4v) is 3.83. The lowest BCUT2D eigenvalue weighted by Crippen LogP contribution is -2.15. The summed E-state index contributed by atoms with van der Waals surface area (Å²) in [5, 5.41) is 3.61. The molecule has 4 rings (SSSR count). The molecule has 28 heavy (non-hydrogen) atoms. The quantitative estimate of drug-likeness (QED) is 0.544. The largest absolute Gasteiger partial charge is 0.494 e. The molecule has 142 valence electrons. The van der Waals surface area contributed by atoms with Crippen molar-refractivity contribution in [2.24, 2.45) is 0 Å². The number of hydrogen-bond acceptors (Lipinski definition) is 6. The van der Waals surface area contributed by atoms with Crippen molar-refractivity contribution < 1.29 is 13.9 Å². The van der Waals surface area contributed by atoms with E-state index in [4.69, 9.17) is 9.15 Å². The Morgan fingerprint density at radius 2 is 2.04 bits per heavy atom. The van der Waals surface area contributed by atoms with Crippen LogP contribution in [0.4, 0.5) is 5.13 Å². The number of aryl methyl sites for hydroxylation is 2. The van der Waals surface area contributed by atoms with Crippen molar-refractivity contribution in [1.82, 2.24) is 4.98 Å². The van der Waals surface area contributed by atoms with Crippen LogP contribution in [0.2, 0.25) is 0 Å². The van der Waals surface area contributed by atoms with E-state index >= 15 is 0 Å². The first-order valence-electron chi connectivity index (χ1n) is 8.85. The minimum absolute atomic E-state index is 0.0412. The third-order valence-electron chi connectivity index (χ3n) is 4.53. The number of thiazole rings is 1. The van der Waals surface area contributed by atoms with Gasteiger partial charge in [0.15, 0.2) is 16.3 Å². The molecule has 2 aromatic carbocycles. The van der Waals surface area contributed by atoms with E-state index in [1.54, 1.807) is 6.07 Å². The maximum atomic E-state index is 12.7. The molecule has 0 saturated heterocycles. The van der Waals surface area contributed by atoms with Gasteiger partial charge in [0.25, 0.3) is 5.91 Å². The number of fused-ring (bicyclic) bond motifs is 2. The molecular weight excluding hydrogens is 376 g/mol. The Bertz CT molecular complexity index is 1270. The molecule has 0 aliphatic heterocycles. The van der Waals surface area contributed by atoms with Crippen molar-refractivity contribution in [3.05, 3.63) is 63.5 Å². The van der Waals surface area contributed by atoms with Crippen LogP contribution in [-0.4, -0.2) is 17.5 Å². The summed E-state index contributed by atoms with van der Waals surface area (Å²) in [5.41, 5.74) is 2.77. The maximum Gasteiger partial charge on any atom is 0.293 e. The molecule has 0 aliphatic carbocycles. The van der Waals surface area contributed by atoms with Crippen LogP contribution in [0, 0.1) is 13.8 Å². The van der Waals surface area contributed by atoms with Gasteiger partial charge < -0.3 is 9.15 Å². The highest BCUT2D eigenvalue weighted by molar-refractivity contribution is 7.22. The highest BCUT2D eigenvalue weighted by Gasteiger charge is 2.16. The summed E-state index contributed by atoms with van der Waals surface area (Å²) in [4.78, 5) is 29.5. The van der Waals surface area contributed by atoms with Gasteiger partial charge in [-0.2, -0.15) is 0 Å². The van der Waals surface area contributed by atoms with E-state index in [1.165, 1.54) is 17.4 Å². The minimum Gasteiger partial charge on any atom is -0.494 e. The van der Waals surface area contributed by atoms with Crippen LogP contribution in [0.25, 0.3) is 21.2 Å². The summed E-state index contributed by atoms with van der Waals surface area (Å²) in [6.45, 7) is 6.29. The van der Waals surface area contributed by atoms with E-state index in [2.05, 4.69) is 10.3 Å². The van der Waals surface area contributed by atoms with E-state index < -0.39 is 5.91 Å². The number of amides is 1. The van der Waals surface area contributed by atoms with Crippen molar-refractivity contribution in [2.75, 3.05) is 11.9 Å². The van der Waals surface area contributed by atoms with Gasteiger partial charge in [-0.05, 0) is 56.2 Å². The number of nitrogens with one attached hydrogen (secondary N) is 1. The zero-order chi connectivity index (χ0) is 19.8. The molecule has 1 amide bonds. The summed E-state index contributed by atoms with van der Waals surface area (Å²) < 4.78 is 12.1. The fourth-order valence-electron chi connectivity index (χ4n) is 2.94. The highest BCUT2D eigenvalue weighted by atomic mass is 32.1. The Morgan fingerprint density at radius 3 is 2.82 bits per heavy atom.